The standard InChI is InChI=1S/C16H15ClFN3O3/c1-21-7-10-9(3-5-13(10)20-16(23)24)14(21)15(22)19-8-2-4-12(18)11(17)6-8/h2,4,6-7,13,20H,3,5H2,1H3,(H,19,22)(H,23,24)/t13-/m1/s1. The molecule has 1 aromatic carbocycles. The zero-order chi connectivity index (χ0) is 17.4. The van der Waals surface area contributed by atoms with Gasteiger partial charge < -0.3 is 20.3 Å². The second-order valence-electron chi connectivity index (χ2n) is 5.65. The first-order valence-corrected chi connectivity index (χ1v) is 7.68. The van der Waals surface area contributed by atoms with E-state index in [1.54, 1.807) is 17.8 Å². The van der Waals surface area contributed by atoms with Crippen LogP contribution in [0.4, 0.5) is 14.9 Å². The van der Waals surface area contributed by atoms with Gasteiger partial charge in [-0.3, -0.25) is 4.79 Å². The normalized spacial score (nSPS) is 15.9. The first-order valence-electron chi connectivity index (χ1n) is 7.30. The Kier molecular flexibility index (Phi) is 4.19. The van der Waals surface area contributed by atoms with Gasteiger partial charge in [0.1, 0.15) is 11.5 Å². The number of fused-ring (bicyclic) bond motifs is 1. The first-order chi connectivity index (χ1) is 11.4. The van der Waals surface area contributed by atoms with Gasteiger partial charge in [0.2, 0.25) is 0 Å². The van der Waals surface area contributed by atoms with Crippen LogP contribution in [0, 0.1) is 5.82 Å². The number of carbonyl (C=O) groups is 2. The molecule has 1 aromatic heterocycles. The van der Waals surface area contributed by atoms with Gasteiger partial charge in [-0.25, -0.2) is 9.18 Å². The number of aromatic nitrogens is 1. The molecule has 0 radical (unpaired) electrons. The number of hydrogen-bond acceptors (Lipinski definition) is 2. The quantitative estimate of drug-likeness (QED) is 0.793. The van der Waals surface area contributed by atoms with Crippen molar-refractivity contribution < 1.29 is 19.1 Å². The number of nitrogens with zero attached hydrogens (tertiary/aromatic N) is 1. The van der Waals surface area contributed by atoms with Crippen LogP contribution in [0.3, 0.4) is 0 Å². The van der Waals surface area contributed by atoms with E-state index in [1.807, 2.05) is 0 Å². The SMILES string of the molecule is Cn1cc2c(c1C(=O)Nc1ccc(F)c(Cl)c1)CC[C@H]2NC(=O)O. The van der Waals surface area contributed by atoms with Crippen LogP contribution in [-0.4, -0.2) is 21.7 Å². The predicted octanol–water partition coefficient (Wildman–Crippen LogP) is 3.32. The van der Waals surface area contributed by atoms with Crippen molar-refractivity contribution in [2.75, 3.05) is 5.32 Å². The molecule has 3 N–H and O–H groups in total. The van der Waals surface area contributed by atoms with Gasteiger partial charge in [0.25, 0.3) is 5.91 Å². The minimum atomic E-state index is -1.09. The molecule has 0 fully saturated rings. The molecular weight excluding hydrogens is 337 g/mol. The molecule has 0 unspecified atom stereocenters. The van der Waals surface area contributed by atoms with E-state index in [1.165, 1.54) is 18.2 Å². The molecule has 0 saturated heterocycles. The molecule has 6 nitrogen and oxygen atoms in total. The monoisotopic (exact) mass is 351 g/mol. The number of hydrogen-bond donors (Lipinski definition) is 3. The van der Waals surface area contributed by atoms with Gasteiger partial charge in [0.05, 0.1) is 11.1 Å². The zero-order valence-corrected chi connectivity index (χ0v) is 13.5. The zero-order valence-electron chi connectivity index (χ0n) is 12.8. The van der Waals surface area contributed by atoms with E-state index in [0.29, 0.717) is 24.2 Å². The Morgan fingerprint density at radius 3 is 2.83 bits per heavy atom. The van der Waals surface area contributed by atoms with Gasteiger partial charge >= 0.3 is 6.09 Å². The molecule has 1 aliphatic carbocycles. The van der Waals surface area contributed by atoms with Crippen molar-refractivity contribution >= 4 is 29.3 Å². The van der Waals surface area contributed by atoms with E-state index >= 15 is 0 Å². The minimum absolute atomic E-state index is 0.0735. The molecule has 126 valence electrons. The van der Waals surface area contributed by atoms with Crippen molar-refractivity contribution in [1.29, 1.82) is 0 Å². The topological polar surface area (TPSA) is 83.4 Å². The fourth-order valence-electron chi connectivity index (χ4n) is 3.07. The molecule has 0 saturated carbocycles. The fraction of sp³-hybridized carbons (Fsp3) is 0.250. The molecule has 2 aromatic rings. The summed E-state index contributed by atoms with van der Waals surface area (Å²) in [7, 11) is 1.72. The maximum absolute atomic E-state index is 13.2. The summed E-state index contributed by atoms with van der Waals surface area (Å²) in [6.07, 6.45) is 1.88. The number of halogens is 2. The van der Waals surface area contributed by atoms with Crippen molar-refractivity contribution in [3.05, 3.63) is 52.1 Å². The number of nitrogens with one attached hydrogen (secondary N) is 2. The highest BCUT2D eigenvalue weighted by molar-refractivity contribution is 6.31. The van der Waals surface area contributed by atoms with Gasteiger partial charge in [-0.05, 0) is 42.2 Å². The number of carboxylic acid groups (broad SMARTS) is 1. The Hall–Kier alpha value is -2.54. The minimum Gasteiger partial charge on any atom is -0.465 e. The number of benzene rings is 1. The Morgan fingerprint density at radius 2 is 2.17 bits per heavy atom. The highest BCUT2D eigenvalue weighted by atomic mass is 35.5. The molecule has 8 heteroatoms. The lowest BCUT2D eigenvalue weighted by Crippen LogP contribution is -2.24. The molecule has 1 heterocycles. The van der Waals surface area contributed by atoms with Crippen LogP contribution in [0.25, 0.3) is 0 Å². The summed E-state index contributed by atoms with van der Waals surface area (Å²) in [5.41, 5.74) is 2.48. The maximum atomic E-state index is 13.2. The lowest BCUT2D eigenvalue weighted by molar-refractivity contribution is 0.101. The molecule has 1 atom stereocenters. The van der Waals surface area contributed by atoms with E-state index in [4.69, 9.17) is 16.7 Å². The Balaban J connectivity index is 1.86. The summed E-state index contributed by atoms with van der Waals surface area (Å²) in [6, 6.07) is 3.63. The van der Waals surface area contributed by atoms with E-state index in [9.17, 15) is 14.0 Å². The van der Waals surface area contributed by atoms with Crippen LogP contribution in [0.1, 0.15) is 34.1 Å². The maximum Gasteiger partial charge on any atom is 0.405 e. The third-order valence-electron chi connectivity index (χ3n) is 4.07. The lowest BCUT2D eigenvalue weighted by atomic mass is 10.1. The van der Waals surface area contributed by atoms with Crippen LogP contribution >= 0.6 is 11.6 Å². The van der Waals surface area contributed by atoms with Crippen molar-refractivity contribution in [3.8, 4) is 0 Å². The second kappa shape index (κ2) is 6.16. The van der Waals surface area contributed by atoms with E-state index in [0.717, 1.165) is 11.1 Å². The summed E-state index contributed by atoms with van der Waals surface area (Å²) in [5.74, 6) is -0.908. The fourth-order valence-corrected chi connectivity index (χ4v) is 3.25. The number of rotatable bonds is 3. The summed E-state index contributed by atoms with van der Waals surface area (Å²) >= 11 is 5.72. The van der Waals surface area contributed by atoms with Crippen molar-refractivity contribution in [2.45, 2.75) is 18.9 Å². The van der Waals surface area contributed by atoms with Crippen LogP contribution in [0.5, 0.6) is 0 Å². The molecule has 0 spiro atoms. The number of anilines is 1. The Morgan fingerprint density at radius 1 is 1.42 bits per heavy atom. The van der Waals surface area contributed by atoms with E-state index in [2.05, 4.69) is 10.6 Å². The Labute approximate surface area is 142 Å². The largest absolute Gasteiger partial charge is 0.465 e. The highest BCUT2D eigenvalue weighted by Gasteiger charge is 2.31. The van der Waals surface area contributed by atoms with E-state index in [-0.39, 0.29) is 17.0 Å². The van der Waals surface area contributed by atoms with Gasteiger partial charge in [0.15, 0.2) is 0 Å². The van der Waals surface area contributed by atoms with Gasteiger partial charge in [-0.1, -0.05) is 11.6 Å². The summed E-state index contributed by atoms with van der Waals surface area (Å²) in [5, 5.41) is 14.0. The van der Waals surface area contributed by atoms with Gasteiger partial charge in [-0.2, -0.15) is 0 Å². The molecule has 0 bridgehead atoms. The highest BCUT2D eigenvalue weighted by Crippen LogP contribution is 2.35. The van der Waals surface area contributed by atoms with Crippen molar-refractivity contribution in [2.24, 2.45) is 7.05 Å². The summed E-state index contributed by atoms with van der Waals surface area (Å²) < 4.78 is 14.9. The lowest BCUT2D eigenvalue weighted by Gasteiger charge is -2.09. The Bertz CT molecular complexity index is 834. The predicted molar refractivity (Wildman–Crippen MR) is 87.0 cm³/mol. The summed E-state index contributed by atoms with van der Waals surface area (Å²) in [6.45, 7) is 0. The molecule has 24 heavy (non-hydrogen) atoms. The molecular formula is C16H15ClFN3O3. The molecule has 2 amide bonds. The van der Waals surface area contributed by atoms with Crippen LogP contribution in [0.2, 0.25) is 5.02 Å². The average Bonchev–Trinajstić information content (AvgIpc) is 3.01. The van der Waals surface area contributed by atoms with Crippen molar-refractivity contribution in [1.82, 2.24) is 9.88 Å². The van der Waals surface area contributed by atoms with Gasteiger partial charge in [0, 0.05) is 18.9 Å². The third-order valence-corrected chi connectivity index (χ3v) is 4.36. The molecule has 1 aliphatic rings. The molecule has 3 rings (SSSR count). The van der Waals surface area contributed by atoms with Crippen LogP contribution in [0.15, 0.2) is 24.4 Å². The van der Waals surface area contributed by atoms with E-state index < -0.39 is 11.9 Å². The first kappa shape index (κ1) is 16.3. The van der Waals surface area contributed by atoms with Crippen molar-refractivity contribution in [3.63, 3.8) is 0 Å². The van der Waals surface area contributed by atoms with Crippen LogP contribution in [-0.2, 0) is 13.5 Å². The number of aryl methyl sites for hydroxylation is 1. The second-order valence-corrected chi connectivity index (χ2v) is 6.05. The summed E-state index contributed by atoms with van der Waals surface area (Å²) in [4.78, 5) is 23.4. The molecule has 0 aliphatic heterocycles. The van der Waals surface area contributed by atoms with Crippen LogP contribution < -0.4 is 10.6 Å². The number of carbonyl (C=O) groups excluding carboxylic acids is 1. The smallest absolute Gasteiger partial charge is 0.405 e. The number of amides is 2. The van der Waals surface area contributed by atoms with Gasteiger partial charge in [-0.15, -0.1) is 0 Å². The third kappa shape index (κ3) is 2.94. The average molecular weight is 352 g/mol.